The van der Waals surface area contributed by atoms with Crippen LogP contribution in [0.3, 0.4) is 0 Å². The molecule has 1 fully saturated rings. The summed E-state index contributed by atoms with van der Waals surface area (Å²) in [6.45, 7) is 4.55. The Morgan fingerprint density at radius 2 is 1.73 bits per heavy atom. The summed E-state index contributed by atoms with van der Waals surface area (Å²) in [7, 11) is 3.92. The lowest BCUT2D eigenvalue weighted by Crippen LogP contribution is -2.47. The zero-order chi connectivity index (χ0) is 11.3. The molecule has 0 spiro atoms. The molecule has 1 aliphatic rings. The number of likely N-dealkylation sites (N-methyl/N-ethyl adjacent to an activating group) is 1. The van der Waals surface area contributed by atoms with Gasteiger partial charge in [0.05, 0.1) is 6.10 Å². The predicted octanol–water partition coefficient (Wildman–Crippen LogP) is 2.83. The Kier molecular flexibility index (Phi) is 5.62. The maximum Gasteiger partial charge on any atom is 0.0754 e. The molecule has 0 amide bonds. The SMILES string of the molecule is CNC(C(C)C)C(OC)C1CCCCC1. The first-order valence-electron chi connectivity index (χ1n) is 6.40. The average Bonchev–Trinajstić information content (AvgIpc) is 2.26. The highest BCUT2D eigenvalue weighted by Crippen LogP contribution is 2.30. The van der Waals surface area contributed by atoms with Gasteiger partial charge in [-0.3, -0.25) is 0 Å². The second kappa shape index (κ2) is 6.49. The molecule has 1 N–H and O–H groups in total. The first kappa shape index (κ1) is 13.0. The van der Waals surface area contributed by atoms with Crippen LogP contribution in [0, 0.1) is 11.8 Å². The van der Waals surface area contributed by atoms with E-state index in [0.717, 1.165) is 5.92 Å². The van der Waals surface area contributed by atoms with Gasteiger partial charge in [-0.25, -0.2) is 0 Å². The van der Waals surface area contributed by atoms with Crippen LogP contribution in [0.1, 0.15) is 46.0 Å². The molecule has 0 heterocycles. The fourth-order valence-electron chi connectivity index (χ4n) is 2.97. The summed E-state index contributed by atoms with van der Waals surface area (Å²) in [4.78, 5) is 0. The fourth-order valence-corrected chi connectivity index (χ4v) is 2.97. The van der Waals surface area contributed by atoms with Crippen molar-refractivity contribution >= 4 is 0 Å². The first-order valence-corrected chi connectivity index (χ1v) is 6.40. The van der Waals surface area contributed by atoms with Crippen molar-refractivity contribution in [3.63, 3.8) is 0 Å². The summed E-state index contributed by atoms with van der Waals surface area (Å²) < 4.78 is 5.74. The van der Waals surface area contributed by atoms with E-state index in [1.54, 1.807) is 0 Å². The van der Waals surface area contributed by atoms with E-state index in [4.69, 9.17) is 4.74 Å². The molecule has 0 radical (unpaired) electrons. The highest BCUT2D eigenvalue weighted by Gasteiger charge is 2.31. The summed E-state index contributed by atoms with van der Waals surface area (Å²) in [6, 6.07) is 0.498. The van der Waals surface area contributed by atoms with Crippen LogP contribution < -0.4 is 5.32 Å². The fraction of sp³-hybridized carbons (Fsp3) is 1.00. The summed E-state index contributed by atoms with van der Waals surface area (Å²) >= 11 is 0. The lowest BCUT2D eigenvalue weighted by atomic mass is 9.80. The standard InChI is InChI=1S/C13H27NO/c1-10(2)12(14-3)13(15-4)11-8-6-5-7-9-11/h10-14H,5-9H2,1-4H3. The van der Waals surface area contributed by atoms with Gasteiger partial charge in [0.25, 0.3) is 0 Å². The van der Waals surface area contributed by atoms with E-state index in [-0.39, 0.29) is 0 Å². The summed E-state index contributed by atoms with van der Waals surface area (Å²) in [5, 5.41) is 3.42. The van der Waals surface area contributed by atoms with Crippen LogP contribution in [0.2, 0.25) is 0 Å². The molecule has 2 unspecified atom stereocenters. The van der Waals surface area contributed by atoms with E-state index in [0.29, 0.717) is 18.1 Å². The van der Waals surface area contributed by atoms with Crippen LogP contribution in [0.25, 0.3) is 0 Å². The van der Waals surface area contributed by atoms with E-state index in [2.05, 4.69) is 26.2 Å². The van der Waals surface area contributed by atoms with Gasteiger partial charge in [0.2, 0.25) is 0 Å². The maximum absolute atomic E-state index is 5.74. The Hall–Kier alpha value is -0.0800. The third-order valence-electron chi connectivity index (χ3n) is 3.79. The van der Waals surface area contributed by atoms with Gasteiger partial charge < -0.3 is 10.1 Å². The van der Waals surface area contributed by atoms with E-state index in [1.165, 1.54) is 32.1 Å². The third kappa shape index (κ3) is 3.46. The summed E-state index contributed by atoms with van der Waals surface area (Å²) in [5.41, 5.74) is 0. The van der Waals surface area contributed by atoms with Gasteiger partial charge in [0.1, 0.15) is 0 Å². The molecule has 1 aliphatic carbocycles. The van der Waals surface area contributed by atoms with Crippen LogP contribution in [-0.2, 0) is 4.74 Å². The van der Waals surface area contributed by atoms with Crippen LogP contribution >= 0.6 is 0 Å². The molecule has 0 aromatic carbocycles. The second-order valence-electron chi connectivity index (χ2n) is 5.16. The number of hydrogen-bond acceptors (Lipinski definition) is 2. The van der Waals surface area contributed by atoms with Gasteiger partial charge in [-0.05, 0) is 31.7 Å². The van der Waals surface area contributed by atoms with Crippen molar-refractivity contribution in [3.05, 3.63) is 0 Å². The lowest BCUT2D eigenvalue weighted by Gasteiger charge is -2.36. The van der Waals surface area contributed by atoms with Gasteiger partial charge >= 0.3 is 0 Å². The largest absolute Gasteiger partial charge is 0.380 e. The molecule has 0 aromatic rings. The molecule has 1 rings (SSSR count). The van der Waals surface area contributed by atoms with Crippen molar-refractivity contribution in [1.29, 1.82) is 0 Å². The smallest absolute Gasteiger partial charge is 0.0754 e. The van der Waals surface area contributed by atoms with Crippen molar-refractivity contribution in [1.82, 2.24) is 5.32 Å². The van der Waals surface area contributed by atoms with Crippen molar-refractivity contribution in [2.24, 2.45) is 11.8 Å². The van der Waals surface area contributed by atoms with E-state index < -0.39 is 0 Å². The third-order valence-corrected chi connectivity index (χ3v) is 3.79. The molecule has 0 bridgehead atoms. The monoisotopic (exact) mass is 213 g/mol. The summed E-state index contributed by atoms with van der Waals surface area (Å²) in [5.74, 6) is 1.41. The first-order chi connectivity index (χ1) is 7.20. The minimum atomic E-state index is 0.398. The Labute approximate surface area is 94.8 Å². The molecule has 0 saturated heterocycles. The average molecular weight is 213 g/mol. The van der Waals surface area contributed by atoms with Crippen LogP contribution in [0.4, 0.5) is 0 Å². The molecule has 2 nitrogen and oxygen atoms in total. The quantitative estimate of drug-likeness (QED) is 0.758. The van der Waals surface area contributed by atoms with Gasteiger partial charge in [-0.15, -0.1) is 0 Å². The molecule has 2 atom stereocenters. The Morgan fingerprint density at radius 3 is 2.13 bits per heavy atom. The number of rotatable bonds is 5. The van der Waals surface area contributed by atoms with Gasteiger partial charge in [-0.2, -0.15) is 0 Å². The van der Waals surface area contributed by atoms with E-state index in [1.807, 2.05) is 7.11 Å². The van der Waals surface area contributed by atoms with Crippen molar-refractivity contribution in [3.8, 4) is 0 Å². The minimum absolute atomic E-state index is 0.398. The molecular weight excluding hydrogens is 186 g/mol. The Balaban J connectivity index is 2.58. The van der Waals surface area contributed by atoms with Gasteiger partial charge in [-0.1, -0.05) is 33.1 Å². The van der Waals surface area contributed by atoms with Crippen LogP contribution in [-0.4, -0.2) is 26.3 Å². The van der Waals surface area contributed by atoms with E-state index >= 15 is 0 Å². The number of nitrogens with one attached hydrogen (secondary N) is 1. The van der Waals surface area contributed by atoms with Gasteiger partial charge in [0.15, 0.2) is 0 Å². The van der Waals surface area contributed by atoms with Crippen molar-refractivity contribution in [2.75, 3.05) is 14.2 Å². The zero-order valence-electron chi connectivity index (χ0n) is 10.8. The Bertz CT molecular complexity index is 164. The Morgan fingerprint density at radius 1 is 1.13 bits per heavy atom. The number of methoxy groups -OCH3 is 1. The normalized spacial score (nSPS) is 23.0. The lowest BCUT2D eigenvalue weighted by molar-refractivity contribution is -0.00158. The van der Waals surface area contributed by atoms with Crippen LogP contribution in [0.15, 0.2) is 0 Å². The molecule has 15 heavy (non-hydrogen) atoms. The molecule has 0 aliphatic heterocycles. The van der Waals surface area contributed by atoms with E-state index in [9.17, 15) is 0 Å². The van der Waals surface area contributed by atoms with Gasteiger partial charge in [0, 0.05) is 13.2 Å². The zero-order valence-corrected chi connectivity index (χ0v) is 10.8. The van der Waals surface area contributed by atoms with Crippen molar-refractivity contribution < 1.29 is 4.74 Å². The van der Waals surface area contributed by atoms with Crippen LogP contribution in [0.5, 0.6) is 0 Å². The summed E-state index contributed by atoms with van der Waals surface area (Å²) in [6.07, 6.45) is 7.29. The molecular formula is C13H27NO. The number of ether oxygens (including phenoxy) is 1. The second-order valence-corrected chi connectivity index (χ2v) is 5.16. The molecule has 0 aromatic heterocycles. The predicted molar refractivity (Wildman–Crippen MR) is 65.1 cm³/mol. The topological polar surface area (TPSA) is 21.3 Å². The molecule has 90 valence electrons. The highest BCUT2D eigenvalue weighted by molar-refractivity contribution is 4.85. The molecule has 2 heteroatoms. The highest BCUT2D eigenvalue weighted by atomic mass is 16.5. The van der Waals surface area contributed by atoms with Crippen molar-refractivity contribution in [2.45, 2.75) is 58.1 Å². The minimum Gasteiger partial charge on any atom is -0.380 e. The molecule has 1 saturated carbocycles. The number of hydrogen-bond donors (Lipinski definition) is 1. The maximum atomic E-state index is 5.74.